The first kappa shape index (κ1) is 18.4. The number of unbranched alkanes of at least 4 members (excludes halogenated alkanes) is 11. The van der Waals surface area contributed by atoms with E-state index in [1.165, 1.54) is 83.6 Å². The summed E-state index contributed by atoms with van der Waals surface area (Å²) >= 11 is 0. The first-order chi connectivity index (χ1) is 8.77. The molecule has 0 radical (unpaired) electrons. The summed E-state index contributed by atoms with van der Waals surface area (Å²) in [5.74, 6) is 0. The maximum atomic E-state index is 3.55. The number of hydrogen-bond donors (Lipinski definition) is 1. The summed E-state index contributed by atoms with van der Waals surface area (Å²) in [5.41, 5.74) is 0. The summed E-state index contributed by atoms with van der Waals surface area (Å²) in [7, 11) is 0.110. The molecule has 0 rings (SSSR count). The van der Waals surface area contributed by atoms with Gasteiger partial charge in [-0.3, -0.25) is 5.09 Å². The minimum absolute atomic E-state index is 0.110. The maximum Gasteiger partial charge on any atom is -0.00101 e. The van der Waals surface area contributed by atoms with Crippen LogP contribution in [-0.2, 0) is 0 Å². The zero-order valence-corrected chi connectivity index (χ0v) is 14.0. The third-order valence-corrected chi connectivity index (χ3v) is 4.31. The SMILES string of the molecule is CCCCCCCCCCCCCCNP(C)C. The van der Waals surface area contributed by atoms with Crippen molar-refractivity contribution in [3.63, 3.8) is 0 Å². The Balaban J connectivity index is 2.90. The second kappa shape index (κ2) is 15.4. The van der Waals surface area contributed by atoms with E-state index in [9.17, 15) is 0 Å². The van der Waals surface area contributed by atoms with Crippen molar-refractivity contribution in [2.45, 2.75) is 84.0 Å². The molecule has 0 saturated heterocycles. The van der Waals surface area contributed by atoms with E-state index >= 15 is 0 Å². The van der Waals surface area contributed by atoms with Crippen molar-refractivity contribution in [1.29, 1.82) is 0 Å². The summed E-state index contributed by atoms with van der Waals surface area (Å²) in [4.78, 5) is 0. The molecule has 18 heavy (non-hydrogen) atoms. The van der Waals surface area contributed by atoms with Crippen molar-refractivity contribution >= 4 is 8.07 Å². The normalized spacial score (nSPS) is 11.3. The summed E-state index contributed by atoms with van der Waals surface area (Å²) < 4.78 is 0. The molecule has 0 fully saturated rings. The van der Waals surface area contributed by atoms with Gasteiger partial charge in [-0.05, 0) is 34.4 Å². The van der Waals surface area contributed by atoms with Crippen molar-refractivity contribution in [2.24, 2.45) is 0 Å². The van der Waals surface area contributed by atoms with Gasteiger partial charge in [-0.1, -0.05) is 77.6 Å². The standard InChI is InChI=1S/C16H36NP/c1-4-5-6-7-8-9-10-11-12-13-14-15-16-17-18(2)3/h17H,4-16H2,1-3H3. The fraction of sp³-hybridized carbons (Fsp3) is 1.00. The van der Waals surface area contributed by atoms with E-state index in [1.807, 2.05) is 0 Å². The molecule has 0 aromatic heterocycles. The Bertz CT molecular complexity index is 148. The van der Waals surface area contributed by atoms with Crippen LogP contribution in [0.5, 0.6) is 0 Å². The molecule has 0 saturated carbocycles. The van der Waals surface area contributed by atoms with Crippen LogP contribution in [0.1, 0.15) is 84.0 Å². The molecule has 0 unspecified atom stereocenters. The molecule has 0 aliphatic heterocycles. The molecular formula is C16H36NP. The molecule has 1 nitrogen and oxygen atoms in total. The Morgan fingerprint density at radius 2 is 1.00 bits per heavy atom. The molecule has 0 heterocycles. The van der Waals surface area contributed by atoms with Gasteiger partial charge in [0.1, 0.15) is 0 Å². The third-order valence-electron chi connectivity index (χ3n) is 3.46. The lowest BCUT2D eigenvalue weighted by atomic mass is 10.1. The van der Waals surface area contributed by atoms with E-state index in [0.717, 1.165) is 0 Å². The average molecular weight is 273 g/mol. The highest BCUT2D eigenvalue weighted by molar-refractivity contribution is 7.53. The van der Waals surface area contributed by atoms with Crippen molar-refractivity contribution in [3.05, 3.63) is 0 Å². The minimum Gasteiger partial charge on any atom is -0.296 e. The van der Waals surface area contributed by atoms with Gasteiger partial charge in [-0.15, -0.1) is 0 Å². The van der Waals surface area contributed by atoms with Crippen LogP contribution in [0.25, 0.3) is 0 Å². The maximum absolute atomic E-state index is 3.55. The summed E-state index contributed by atoms with van der Waals surface area (Å²) in [6, 6.07) is 0. The Labute approximate surface area is 117 Å². The first-order valence-electron chi connectivity index (χ1n) is 8.18. The predicted molar refractivity (Wildman–Crippen MR) is 87.8 cm³/mol. The molecular weight excluding hydrogens is 237 g/mol. The third kappa shape index (κ3) is 16.4. The van der Waals surface area contributed by atoms with Crippen LogP contribution < -0.4 is 5.09 Å². The zero-order valence-electron chi connectivity index (χ0n) is 13.1. The highest BCUT2D eigenvalue weighted by Crippen LogP contribution is 2.17. The Morgan fingerprint density at radius 3 is 1.39 bits per heavy atom. The van der Waals surface area contributed by atoms with Gasteiger partial charge in [0.05, 0.1) is 0 Å². The van der Waals surface area contributed by atoms with Gasteiger partial charge in [0, 0.05) is 0 Å². The van der Waals surface area contributed by atoms with E-state index in [0.29, 0.717) is 0 Å². The van der Waals surface area contributed by atoms with Gasteiger partial charge in [0.25, 0.3) is 0 Å². The number of hydrogen-bond acceptors (Lipinski definition) is 1. The fourth-order valence-electron chi connectivity index (χ4n) is 2.27. The quantitative estimate of drug-likeness (QED) is 0.305. The van der Waals surface area contributed by atoms with Crippen molar-refractivity contribution in [1.82, 2.24) is 5.09 Å². The molecule has 2 heteroatoms. The van der Waals surface area contributed by atoms with Crippen LogP contribution in [0.4, 0.5) is 0 Å². The van der Waals surface area contributed by atoms with Gasteiger partial charge in [0.15, 0.2) is 0 Å². The topological polar surface area (TPSA) is 12.0 Å². The van der Waals surface area contributed by atoms with Crippen LogP contribution >= 0.6 is 8.07 Å². The lowest BCUT2D eigenvalue weighted by Crippen LogP contribution is -2.06. The van der Waals surface area contributed by atoms with Crippen LogP contribution in [0.2, 0.25) is 0 Å². The molecule has 0 bridgehead atoms. The Hall–Kier alpha value is 0.390. The van der Waals surface area contributed by atoms with Gasteiger partial charge in [-0.2, -0.15) is 0 Å². The van der Waals surface area contributed by atoms with Crippen LogP contribution in [-0.4, -0.2) is 19.9 Å². The Morgan fingerprint density at radius 1 is 0.611 bits per heavy atom. The molecule has 0 amide bonds. The molecule has 0 aromatic rings. The number of rotatable bonds is 14. The minimum atomic E-state index is 0.110. The molecule has 0 atom stereocenters. The highest BCUT2D eigenvalue weighted by atomic mass is 31.1. The van der Waals surface area contributed by atoms with Gasteiger partial charge >= 0.3 is 0 Å². The lowest BCUT2D eigenvalue weighted by Gasteiger charge is -2.07. The largest absolute Gasteiger partial charge is 0.296 e. The van der Waals surface area contributed by atoms with Crippen molar-refractivity contribution < 1.29 is 0 Å². The molecule has 1 N–H and O–H groups in total. The van der Waals surface area contributed by atoms with Gasteiger partial charge in [-0.25, -0.2) is 0 Å². The molecule has 110 valence electrons. The molecule has 0 aromatic carbocycles. The molecule has 0 aliphatic carbocycles. The van der Waals surface area contributed by atoms with Gasteiger partial charge in [0.2, 0.25) is 0 Å². The predicted octanol–water partition coefficient (Wildman–Crippen LogP) is 5.93. The van der Waals surface area contributed by atoms with E-state index < -0.39 is 0 Å². The summed E-state index contributed by atoms with van der Waals surface area (Å²) in [6.07, 6.45) is 17.3. The monoisotopic (exact) mass is 273 g/mol. The molecule has 0 aliphatic rings. The van der Waals surface area contributed by atoms with E-state index in [4.69, 9.17) is 0 Å². The lowest BCUT2D eigenvalue weighted by molar-refractivity contribution is 0.544. The van der Waals surface area contributed by atoms with Crippen LogP contribution in [0, 0.1) is 0 Å². The average Bonchev–Trinajstić information content (AvgIpc) is 2.34. The smallest absolute Gasteiger partial charge is 0.00101 e. The van der Waals surface area contributed by atoms with Crippen molar-refractivity contribution in [3.8, 4) is 0 Å². The van der Waals surface area contributed by atoms with E-state index in [-0.39, 0.29) is 8.07 Å². The van der Waals surface area contributed by atoms with E-state index in [1.54, 1.807) is 0 Å². The summed E-state index contributed by atoms with van der Waals surface area (Å²) in [5, 5.41) is 3.55. The van der Waals surface area contributed by atoms with Crippen LogP contribution in [0.3, 0.4) is 0 Å². The summed E-state index contributed by atoms with van der Waals surface area (Å²) in [6.45, 7) is 8.10. The first-order valence-corrected chi connectivity index (χ1v) is 10.4. The van der Waals surface area contributed by atoms with Gasteiger partial charge < -0.3 is 0 Å². The molecule has 0 spiro atoms. The fourth-order valence-corrected chi connectivity index (χ4v) is 2.87. The van der Waals surface area contributed by atoms with Crippen LogP contribution in [0.15, 0.2) is 0 Å². The Kier molecular flexibility index (Phi) is 15.8. The highest BCUT2D eigenvalue weighted by Gasteiger charge is 1.94. The van der Waals surface area contributed by atoms with Crippen molar-refractivity contribution in [2.75, 3.05) is 19.9 Å². The van der Waals surface area contributed by atoms with E-state index in [2.05, 4.69) is 25.3 Å². The second-order valence-electron chi connectivity index (χ2n) is 5.69. The number of nitrogens with one attached hydrogen (secondary N) is 1. The zero-order chi connectivity index (χ0) is 13.5. The second-order valence-corrected chi connectivity index (χ2v) is 7.80.